The van der Waals surface area contributed by atoms with Crippen molar-refractivity contribution in [2.75, 3.05) is 56.1 Å². The highest BCUT2D eigenvalue weighted by atomic mass is 127. The van der Waals surface area contributed by atoms with Gasteiger partial charge in [-0.2, -0.15) is 0 Å². The van der Waals surface area contributed by atoms with Crippen LogP contribution in [0.5, 0.6) is 0 Å². The molecule has 0 amide bonds. The van der Waals surface area contributed by atoms with Gasteiger partial charge >= 0.3 is 0 Å². The Morgan fingerprint density at radius 2 is 1.70 bits per heavy atom. The molecule has 4 rings (SSSR count). The fourth-order valence-corrected chi connectivity index (χ4v) is 4.42. The Hall–Kier alpha value is -2.14. The molecule has 2 fully saturated rings. The lowest BCUT2D eigenvalue weighted by molar-refractivity contribution is -0.00545. The molecule has 0 saturated carbocycles. The molecule has 0 aliphatic carbocycles. The van der Waals surface area contributed by atoms with Crippen molar-refractivity contribution in [2.24, 2.45) is 4.99 Å². The molecule has 2 aliphatic heterocycles. The lowest BCUT2D eigenvalue weighted by atomic mass is 10.2. The zero-order valence-corrected chi connectivity index (χ0v) is 21.9. The third-order valence-electron chi connectivity index (χ3n) is 5.99. The van der Waals surface area contributed by atoms with E-state index in [-0.39, 0.29) is 42.0 Å². The molecule has 2 saturated heterocycles. The number of piperazine rings is 1. The van der Waals surface area contributed by atoms with E-state index in [1.54, 1.807) is 0 Å². The topological polar surface area (TPSA) is 56.2 Å². The SMILES string of the molecule is CN=C(NCc1ccc(N2CC(C)OC(C)C2)nc1)N1CCN(c2ccc(F)cc2)CC1.I. The van der Waals surface area contributed by atoms with Gasteiger partial charge in [0.1, 0.15) is 11.6 Å². The summed E-state index contributed by atoms with van der Waals surface area (Å²) < 4.78 is 19.0. The fourth-order valence-electron chi connectivity index (χ4n) is 4.42. The summed E-state index contributed by atoms with van der Waals surface area (Å²) in [5, 5.41) is 3.46. The van der Waals surface area contributed by atoms with Crippen LogP contribution in [0.25, 0.3) is 0 Å². The first kappa shape index (κ1) is 25.5. The van der Waals surface area contributed by atoms with Crippen LogP contribution in [0.2, 0.25) is 0 Å². The molecule has 180 valence electrons. The van der Waals surface area contributed by atoms with Crippen molar-refractivity contribution in [1.82, 2.24) is 15.2 Å². The predicted octanol–water partition coefficient (Wildman–Crippen LogP) is 3.35. The Morgan fingerprint density at radius 3 is 2.27 bits per heavy atom. The molecule has 0 spiro atoms. The van der Waals surface area contributed by atoms with E-state index in [0.29, 0.717) is 6.54 Å². The van der Waals surface area contributed by atoms with Gasteiger partial charge < -0.3 is 24.8 Å². The molecule has 2 aromatic rings. The Balaban J connectivity index is 0.00000306. The number of nitrogens with zero attached hydrogens (tertiary/aromatic N) is 5. The molecular formula is C24H34FIN6O. The Labute approximate surface area is 213 Å². The number of halogens is 2. The third kappa shape index (κ3) is 6.69. The van der Waals surface area contributed by atoms with Gasteiger partial charge in [0.25, 0.3) is 0 Å². The Kier molecular flexibility index (Phi) is 9.13. The quantitative estimate of drug-likeness (QED) is 0.347. The summed E-state index contributed by atoms with van der Waals surface area (Å²) in [6.45, 7) is 10.1. The number of aromatic nitrogens is 1. The number of benzene rings is 1. The molecule has 3 heterocycles. The second-order valence-corrected chi connectivity index (χ2v) is 8.54. The zero-order valence-electron chi connectivity index (χ0n) is 19.6. The summed E-state index contributed by atoms with van der Waals surface area (Å²) in [6, 6.07) is 10.9. The summed E-state index contributed by atoms with van der Waals surface area (Å²) in [5.41, 5.74) is 2.18. The van der Waals surface area contributed by atoms with Gasteiger partial charge in [0.2, 0.25) is 0 Å². The van der Waals surface area contributed by atoms with E-state index in [9.17, 15) is 4.39 Å². The van der Waals surface area contributed by atoms with Crippen LogP contribution in [0.3, 0.4) is 0 Å². The van der Waals surface area contributed by atoms with E-state index in [0.717, 1.165) is 62.3 Å². The highest BCUT2D eigenvalue weighted by molar-refractivity contribution is 14.0. The highest BCUT2D eigenvalue weighted by Gasteiger charge is 2.23. The van der Waals surface area contributed by atoms with Crippen LogP contribution < -0.4 is 15.1 Å². The van der Waals surface area contributed by atoms with E-state index >= 15 is 0 Å². The van der Waals surface area contributed by atoms with Crippen molar-refractivity contribution in [1.29, 1.82) is 0 Å². The monoisotopic (exact) mass is 568 g/mol. The third-order valence-corrected chi connectivity index (χ3v) is 5.99. The van der Waals surface area contributed by atoms with Crippen LogP contribution in [0, 0.1) is 5.82 Å². The van der Waals surface area contributed by atoms with Crippen LogP contribution >= 0.6 is 24.0 Å². The standard InChI is InChI=1S/C24H33FN6O.HI/c1-18-16-31(17-19(2)32-18)23-9-4-20(14-27-23)15-28-24(26-3)30-12-10-29(11-13-30)22-7-5-21(25)6-8-22;/h4-9,14,18-19H,10-13,15-17H2,1-3H3,(H,26,28);1H. The molecule has 9 heteroatoms. The number of aliphatic imine (C=N–C) groups is 1. The van der Waals surface area contributed by atoms with Crippen LogP contribution in [-0.4, -0.2) is 74.4 Å². The molecule has 7 nitrogen and oxygen atoms in total. The lowest BCUT2D eigenvalue weighted by Gasteiger charge is -2.37. The number of guanidine groups is 1. The van der Waals surface area contributed by atoms with Gasteiger partial charge in [-0.15, -0.1) is 24.0 Å². The van der Waals surface area contributed by atoms with E-state index in [4.69, 9.17) is 4.74 Å². The van der Waals surface area contributed by atoms with E-state index in [1.807, 2.05) is 25.4 Å². The van der Waals surface area contributed by atoms with Gasteiger partial charge in [-0.25, -0.2) is 9.37 Å². The maximum atomic E-state index is 13.2. The van der Waals surface area contributed by atoms with Gasteiger partial charge in [0.05, 0.1) is 12.2 Å². The average molecular weight is 568 g/mol. The number of anilines is 2. The minimum absolute atomic E-state index is 0. The van der Waals surface area contributed by atoms with Gasteiger partial charge in [0.15, 0.2) is 5.96 Å². The van der Waals surface area contributed by atoms with Gasteiger partial charge in [-0.3, -0.25) is 4.99 Å². The normalized spacial score (nSPS) is 21.6. The minimum atomic E-state index is -0.200. The van der Waals surface area contributed by atoms with E-state index in [2.05, 4.69) is 56.0 Å². The number of hydrogen-bond acceptors (Lipinski definition) is 5. The van der Waals surface area contributed by atoms with Gasteiger partial charge in [0, 0.05) is 64.7 Å². The van der Waals surface area contributed by atoms with Crippen molar-refractivity contribution < 1.29 is 9.13 Å². The Morgan fingerprint density at radius 1 is 1.03 bits per heavy atom. The summed E-state index contributed by atoms with van der Waals surface area (Å²) in [4.78, 5) is 16.0. The molecule has 0 bridgehead atoms. The van der Waals surface area contributed by atoms with Crippen molar-refractivity contribution in [3.63, 3.8) is 0 Å². The number of morpholine rings is 1. The van der Waals surface area contributed by atoms with Crippen molar-refractivity contribution in [2.45, 2.75) is 32.6 Å². The van der Waals surface area contributed by atoms with E-state index < -0.39 is 0 Å². The zero-order chi connectivity index (χ0) is 22.5. The summed E-state index contributed by atoms with van der Waals surface area (Å²) in [7, 11) is 1.82. The number of ether oxygens (including phenoxy) is 1. The first-order valence-electron chi connectivity index (χ1n) is 11.3. The van der Waals surface area contributed by atoms with Gasteiger partial charge in [-0.1, -0.05) is 6.07 Å². The number of rotatable bonds is 4. The van der Waals surface area contributed by atoms with Crippen molar-refractivity contribution in [3.05, 3.63) is 54.0 Å². The van der Waals surface area contributed by atoms with Crippen LogP contribution in [0.15, 0.2) is 47.6 Å². The van der Waals surface area contributed by atoms with Crippen LogP contribution in [-0.2, 0) is 11.3 Å². The largest absolute Gasteiger partial charge is 0.372 e. The maximum absolute atomic E-state index is 13.2. The number of nitrogens with one attached hydrogen (secondary N) is 1. The molecule has 1 aromatic carbocycles. The fraction of sp³-hybridized carbons (Fsp3) is 0.500. The first-order valence-corrected chi connectivity index (χ1v) is 11.3. The molecule has 2 atom stereocenters. The van der Waals surface area contributed by atoms with Crippen LogP contribution in [0.1, 0.15) is 19.4 Å². The molecular weight excluding hydrogens is 534 g/mol. The first-order chi connectivity index (χ1) is 15.5. The molecule has 1 N–H and O–H groups in total. The molecule has 2 unspecified atom stereocenters. The maximum Gasteiger partial charge on any atom is 0.194 e. The molecule has 1 aromatic heterocycles. The lowest BCUT2D eigenvalue weighted by Crippen LogP contribution is -2.52. The summed E-state index contributed by atoms with van der Waals surface area (Å²) in [6.07, 6.45) is 2.37. The second kappa shape index (κ2) is 11.8. The summed E-state index contributed by atoms with van der Waals surface area (Å²) >= 11 is 0. The van der Waals surface area contributed by atoms with Gasteiger partial charge in [-0.05, 0) is 49.7 Å². The molecule has 2 aliphatic rings. The second-order valence-electron chi connectivity index (χ2n) is 8.54. The highest BCUT2D eigenvalue weighted by Crippen LogP contribution is 2.19. The Bertz CT molecular complexity index is 892. The average Bonchev–Trinajstić information content (AvgIpc) is 2.80. The number of hydrogen-bond donors (Lipinski definition) is 1. The van der Waals surface area contributed by atoms with E-state index in [1.165, 1.54) is 12.1 Å². The predicted molar refractivity (Wildman–Crippen MR) is 142 cm³/mol. The molecule has 0 radical (unpaired) electrons. The smallest absolute Gasteiger partial charge is 0.194 e. The number of pyridine rings is 1. The molecule has 33 heavy (non-hydrogen) atoms. The van der Waals surface area contributed by atoms with Crippen molar-refractivity contribution >= 4 is 41.4 Å². The van der Waals surface area contributed by atoms with Crippen LogP contribution in [0.4, 0.5) is 15.9 Å². The van der Waals surface area contributed by atoms with Crippen molar-refractivity contribution in [3.8, 4) is 0 Å². The minimum Gasteiger partial charge on any atom is -0.372 e. The summed E-state index contributed by atoms with van der Waals surface area (Å²) in [5.74, 6) is 1.69.